The standard InChI is InChI=1S/C7H8N2O2/c10-7-5-3-11-2-1-6(5)8-4-9-7/h4H,1-3H2,(H,8,9,10). The maximum atomic E-state index is 11.1. The Kier molecular flexibility index (Phi) is 1.47. The lowest BCUT2D eigenvalue weighted by atomic mass is 10.1. The van der Waals surface area contributed by atoms with Crippen LogP contribution in [0.3, 0.4) is 0 Å². The summed E-state index contributed by atoms with van der Waals surface area (Å²) in [6.07, 6.45) is 2.19. The molecule has 0 saturated carbocycles. The van der Waals surface area contributed by atoms with Crippen LogP contribution in [0.5, 0.6) is 0 Å². The van der Waals surface area contributed by atoms with E-state index in [4.69, 9.17) is 4.74 Å². The highest BCUT2D eigenvalue weighted by atomic mass is 16.5. The second kappa shape index (κ2) is 2.47. The second-order valence-corrected chi connectivity index (χ2v) is 2.46. The van der Waals surface area contributed by atoms with Crippen molar-refractivity contribution in [2.24, 2.45) is 0 Å². The smallest absolute Gasteiger partial charge is 0.256 e. The molecule has 1 aliphatic rings. The van der Waals surface area contributed by atoms with Gasteiger partial charge in [-0.2, -0.15) is 0 Å². The average molecular weight is 152 g/mol. The molecule has 0 bridgehead atoms. The molecule has 0 atom stereocenters. The van der Waals surface area contributed by atoms with Crippen molar-refractivity contribution in [1.29, 1.82) is 0 Å². The Hall–Kier alpha value is -1.16. The third-order valence-corrected chi connectivity index (χ3v) is 1.77. The van der Waals surface area contributed by atoms with Crippen molar-refractivity contribution < 1.29 is 4.74 Å². The van der Waals surface area contributed by atoms with E-state index in [1.165, 1.54) is 6.33 Å². The number of ether oxygens (including phenoxy) is 1. The minimum Gasteiger partial charge on any atom is -0.376 e. The van der Waals surface area contributed by atoms with Gasteiger partial charge in [-0.3, -0.25) is 4.79 Å². The topological polar surface area (TPSA) is 55.0 Å². The molecule has 0 aromatic carbocycles. The Bertz CT molecular complexity index is 318. The maximum Gasteiger partial charge on any atom is 0.256 e. The first-order valence-electron chi connectivity index (χ1n) is 3.51. The van der Waals surface area contributed by atoms with Crippen molar-refractivity contribution in [3.05, 3.63) is 27.9 Å². The van der Waals surface area contributed by atoms with Crippen LogP contribution in [0.4, 0.5) is 0 Å². The number of H-pyrrole nitrogens is 1. The molecule has 0 fully saturated rings. The molecule has 2 rings (SSSR count). The van der Waals surface area contributed by atoms with Gasteiger partial charge in [0.1, 0.15) is 0 Å². The summed E-state index contributed by atoms with van der Waals surface area (Å²) in [4.78, 5) is 17.6. The van der Waals surface area contributed by atoms with Gasteiger partial charge in [-0.25, -0.2) is 4.98 Å². The van der Waals surface area contributed by atoms with Gasteiger partial charge < -0.3 is 9.72 Å². The van der Waals surface area contributed by atoms with Crippen molar-refractivity contribution in [3.8, 4) is 0 Å². The molecule has 1 aromatic rings. The van der Waals surface area contributed by atoms with E-state index in [0.717, 1.165) is 12.1 Å². The second-order valence-electron chi connectivity index (χ2n) is 2.46. The quantitative estimate of drug-likeness (QED) is 0.562. The van der Waals surface area contributed by atoms with E-state index in [1.54, 1.807) is 0 Å². The van der Waals surface area contributed by atoms with Crippen LogP contribution in [0.15, 0.2) is 11.1 Å². The molecule has 1 aromatic heterocycles. The van der Waals surface area contributed by atoms with E-state index in [0.29, 0.717) is 18.8 Å². The van der Waals surface area contributed by atoms with Crippen LogP contribution in [0, 0.1) is 0 Å². The molecule has 0 spiro atoms. The highest BCUT2D eigenvalue weighted by Gasteiger charge is 2.12. The summed E-state index contributed by atoms with van der Waals surface area (Å²) in [5.41, 5.74) is 1.48. The molecule has 0 saturated heterocycles. The van der Waals surface area contributed by atoms with Gasteiger partial charge in [0.15, 0.2) is 0 Å². The van der Waals surface area contributed by atoms with Gasteiger partial charge in [-0.05, 0) is 0 Å². The molecule has 1 N–H and O–H groups in total. The molecule has 0 amide bonds. The summed E-state index contributed by atoms with van der Waals surface area (Å²) in [7, 11) is 0. The Balaban J connectivity index is 2.58. The zero-order valence-electron chi connectivity index (χ0n) is 5.96. The fourth-order valence-electron chi connectivity index (χ4n) is 1.17. The lowest BCUT2D eigenvalue weighted by Gasteiger charge is -2.12. The Labute approximate surface area is 63.2 Å². The molecule has 11 heavy (non-hydrogen) atoms. The van der Waals surface area contributed by atoms with Gasteiger partial charge in [0.05, 0.1) is 30.8 Å². The van der Waals surface area contributed by atoms with E-state index in [2.05, 4.69) is 9.97 Å². The Morgan fingerprint density at radius 2 is 2.55 bits per heavy atom. The van der Waals surface area contributed by atoms with Crippen molar-refractivity contribution in [1.82, 2.24) is 9.97 Å². The third-order valence-electron chi connectivity index (χ3n) is 1.77. The van der Waals surface area contributed by atoms with Gasteiger partial charge in [0.25, 0.3) is 5.56 Å². The molecule has 0 radical (unpaired) electrons. The summed E-state index contributed by atoms with van der Waals surface area (Å²) in [6.45, 7) is 1.07. The summed E-state index contributed by atoms with van der Waals surface area (Å²) in [5.74, 6) is 0. The number of hydrogen-bond donors (Lipinski definition) is 1. The molecule has 1 aliphatic heterocycles. The highest BCUT2D eigenvalue weighted by molar-refractivity contribution is 5.16. The molecule has 0 aliphatic carbocycles. The number of aromatic nitrogens is 2. The number of nitrogens with zero attached hydrogens (tertiary/aromatic N) is 1. The first-order valence-corrected chi connectivity index (χ1v) is 3.51. The summed E-state index contributed by atoms with van der Waals surface area (Å²) in [5, 5.41) is 0. The number of rotatable bonds is 0. The number of hydrogen-bond acceptors (Lipinski definition) is 3. The zero-order chi connectivity index (χ0) is 7.68. The van der Waals surface area contributed by atoms with Gasteiger partial charge >= 0.3 is 0 Å². The van der Waals surface area contributed by atoms with Crippen molar-refractivity contribution in [2.45, 2.75) is 13.0 Å². The Morgan fingerprint density at radius 3 is 3.36 bits per heavy atom. The lowest BCUT2D eigenvalue weighted by molar-refractivity contribution is 0.108. The first-order chi connectivity index (χ1) is 5.38. The van der Waals surface area contributed by atoms with Gasteiger partial charge in [-0.15, -0.1) is 0 Å². The number of nitrogens with one attached hydrogen (secondary N) is 1. The maximum absolute atomic E-state index is 11.1. The predicted octanol–water partition coefficient (Wildman–Crippen LogP) is -0.157. The third kappa shape index (κ3) is 1.05. The van der Waals surface area contributed by atoms with Crippen LogP contribution in [0.2, 0.25) is 0 Å². The van der Waals surface area contributed by atoms with Gasteiger partial charge in [0, 0.05) is 6.42 Å². The number of aromatic amines is 1. The largest absolute Gasteiger partial charge is 0.376 e. The monoisotopic (exact) mass is 152 g/mol. The average Bonchev–Trinajstić information content (AvgIpc) is 2.06. The van der Waals surface area contributed by atoms with Crippen LogP contribution in [0.1, 0.15) is 11.3 Å². The van der Waals surface area contributed by atoms with Crippen LogP contribution in [-0.2, 0) is 17.8 Å². The van der Waals surface area contributed by atoms with Crippen molar-refractivity contribution in [2.75, 3.05) is 6.61 Å². The Morgan fingerprint density at radius 1 is 1.64 bits per heavy atom. The van der Waals surface area contributed by atoms with Crippen LogP contribution in [-0.4, -0.2) is 16.6 Å². The SMILES string of the molecule is O=c1[nH]cnc2c1COCC2. The van der Waals surface area contributed by atoms with E-state index in [1.807, 2.05) is 0 Å². The zero-order valence-corrected chi connectivity index (χ0v) is 5.96. The lowest BCUT2D eigenvalue weighted by Crippen LogP contribution is -2.22. The van der Waals surface area contributed by atoms with E-state index in [-0.39, 0.29) is 5.56 Å². The van der Waals surface area contributed by atoms with Crippen molar-refractivity contribution >= 4 is 0 Å². The summed E-state index contributed by atoms with van der Waals surface area (Å²) < 4.78 is 5.12. The van der Waals surface area contributed by atoms with E-state index < -0.39 is 0 Å². The molecule has 58 valence electrons. The minimum atomic E-state index is -0.0744. The molecular formula is C7H8N2O2. The van der Waals surface area contributed by atoms with Gasteiger partial charge in [-0.1, -0.05) is 0 Å². The van der Waals surface area contributed by atoms with Crippen LogP contribution < -0.4 is 5.56 Å². The molecule has 4 nitrogen and oxygen atoms in total. The highest BCUT2D eigenvalue weighted by Crippen LogP contribution is 2.07. The van der Waals surface area contributed by atoms with Crippen LogP contribution in [0.25, 0.3) is 0 Å². The predicted molar refractivity (Wildman–Crippen MR) is 38.2 cm³/mol. The molecule has 4 heteroatoms. The summed E-state index contributed by atoms with van der Waals surface area (Å²) >= 11 is 0. The van der Waals surface area contributed by atoms with E-state index >= 15 is 0 Å². The summed E-state index contributed by atoms with van der Waals surface area (Å²) in [6, 6.07) is 0. The van der Waals surface area contributed by atoms with E-state index in [9.17, 15) is 4.79 Å². The minimum absolute atomic E-state index is 0.0744. The first kappa shape index (κ1) is 6.54. The fraction of sp³-hybridized carbons (Fsp3) is 0.429. The van der Waals surface area contributed by atoms with Crippen molar-refractivity contribution in [3.63, 3.8) is 0 Å². The normalized spacial score (nSPS) is 16.0. The number of fused-ring (bicyclic) bond motifs is 1. The van der Waals surface area contributed by atoms with Gasteiger partial charge in [0.2, 0.25) is 0 Å². The fourth-order valence-corrected chi connectivity index (χ4v) is 1.17. The molecular weight excluding hydrogens is 144 g/mol. The molecule has 2 heterocycles. The van der Waals surface area contributed by atoms with Crippen LogP contribution >= 0.6 is 0 Å². The molecule has 0 unspecified atom stereocenters.